The van der Waals surface area contributed by atoms with Crippen molar-refractivity contribution in [3.8, 4) is 0 Å². The van der Waals surface area contributed by atoms with Crippen molar-refractivity contribution in [2.24, 2.45) is 5.41 Å². The van der Waals surface area contributed by atoms with E-state index in [1.807, 2.05) is 35.2 Å². The summed E-state index contributed by atoms with van der Waals surface area (Å²) in [6, 6.07) is 14.1. The van der Waals surface area contributed by atoms with Crippen LogP contribution in [0.15, 0.2) is 48.7 Å². The zero-order chi connectivity index (χ0) is 19.6. The van der Waals surface area contributed by atoms with Crippen LogP contribution in [-0.2, 0) is 11.3 Å². The van der Waals surface area contributed by atoms with Crippen molar-refractivity contribution >= 4 is 17.5 Å². The second kappa shape index (κ2) is 7.74. The quantitative estimate of drug-likeness (QED) is 0.763. The van der Waals surface area contributed by atoms with E-state index in [2.05, 4.69) is 22.0 Å². The van der Waals surface area contributed by atoms with Crippen LogP contribution >= 0.6 is 0 Å². The highest BCUT2D eigenvalue weighted by atomic mass is 16.2. The van der Waals surface area contributed by atoms with Crippen LogP contribution in [0.3, 0.4) is 0 Å². The number of nitrogens with zero attached hydrogens (tertiary/aromatic N) is 3. The average molecular weight is 377 g/mol. The van der Waals surface area contributed by atoms with Gasteiger partial charge in [-0.1, -0.05) is 30.3 Å². The number of carbonyl (C=O) groups is 2. The van der Waals surface area contributed by atoms with Crippen LogP contribution in [0.1, 0.15) is 48.5 Å². The van der Waals surface area contributed by atoms with Gasteiger partial charge >= 0.3 is 0 Å². The minimum Gasteiger partial charge on any atom is -0.357 e. The Morgan fingerprint density at radius 2 is 1.82 bits per heavy atom. The molecular weight excluding hydrogens is 350 g/mol. The average Bonchev–Trinajstić information content (AvgIpc) is 2.72. The van der Waals surface area contributed by atoms with E-state index in [1.165, 1.54) is 5.56 Å². The van der Waals surface area contributed by atoms with Gasteiger partial charge in [-0.25, -0.2) is 4.98 Å². The van der Waals surface area contributed by atoms with Gasteiger partial charge < -0.3 is 9.80 Å². The van der Waals surface area contributed by atoms with Crippen LogP contribution in [-0.4, -0.2) is 41.2 Å². The van der Waals surface area contributed by atoms with Crippen LogP contribution < -0.4 is 4.90 Å². The van der Waals surface area contributed by atoms with Crippen molar-refractivity contribution in [3.05, 3.63) is 59.8 Å². The van der Waals surface area contributed by atoms with Crippen molar-refractivity contribution in [3.63, 3.8) is 0 Å². The number of hydrogen-bond donors (Lipinski definition) is 0. The molecule has 5 nitrogen and oxygen atoms in total. The number of likely N-dealkylation sites (tertiary alicyclic amines) is 1. The Balaban J connectivity index is 1.40. The van der Waals surface area contributed by atoms with Crippen molar-refractivity contribution in [1.29, 1.82) is 0 Å². The lowest BCUT2D eigenvalue weighted by atomic mass is 9.72. The summed E-state index contributed by atoms with van der Waals surface area (Å²) in [7, 11) is 0. The molecule has 0 bridgehead atoms. The molecule has 0 radical (unpaired) electrons. The first-order valence-corrected chi connectivity index (χ1v) is 10.1. The smallest absolute Gasteiger partial charge is 0.222 e. The number of benzene rings is 1. The predicted octanol–water partition coefficient (Wildman–Crippen LogP) is 3.69. The Morgan fingerprint density at radius 3 is 2.46 bits per heavy atom. The minimum absolute atomic E-state index is 0.0435. The molecule has 1 aromatic heterocycles. The number of hydrogen-bond acceptors (Lipinski definition) is 4. The van der Waals surface area contributed by atoms with Crippen molar-refractivity contribution in [2.75, 3.05) is 24.5 Å². The number of piperidine rings is 2. The monoisotopic (exact) mass is 377 g/mol. The van der Waals surface area contributed by atoms with Gasteiger partial charge in [0.2, 0.25) is 5.91 Å². The fourth-order valence-corrected chi connectivity index (χ4v) is 4.45. The SMILES string of the molecule is CC(=O)c1ccc(N2CCC3(CCC(=O)N(Cc4ccccc4)C3)CC2)nc1. The van der Waals surface area contributed by atoms with Gasteiger partial charge in [-0.2, -0.15) is 0 Å². The molecule has 0 atom stereocenters. The van der Waals surface area contributed by atoms with Gasteiger partial charge in [-0.15, -0.1) is 0 Å². The summed E-state index contributed by atoms with van der Waals surface area (Å²) in [4.78, 5) is 32.7. The first-order valence-electron chi connectivity index (χ1n) is 10.1. The maximum atomic E-state index is 12.5. The number of anilines is 1. The number of amides is 1. The molecule has 3 heterocycles. The van der Waals surface area contributed by atoms with Crippen LogP contribution in [0.2, 0.25) is 0 Å². The molecule has 5 heteroatoms. The zero-order valence-corrected chi connectivity index (χ0v) is 16.4. The first kappa shape index (κ1) is 18.7. The highest BCUT2D eigenvalue weighted by Crippen LogP contribution is 2.41. The normalized spacial score (nSPS) is 19.1. The molecule has 0 saturated carbocycles. The molecule has 28 heavy (non-hydrogen) atoms. The van der Waals surface area contributed by atoms with E-state index in [9.17, 15) is 9.59 Å². The van der Waals surface area contributed by atoms with Gasteiger partial charge in [-0.3, -0.25) is 9.59 Å². The molecule has 0 aliphatic carbocycles. The van der Waals surface area contributed by atoms with E-state index >= 15 is 0 Å². The molecule has 0 N–H and O–H groups in total. The molecule has 1 spiro atoms. The lowest BCUT2D eigenvalue weighted by Gasteiger charge is -2.47. The first-order chi connectivity index (χ1) is 13.5. The Bertz CT molecular complexity index is 840. The summed E-state index contributed by atoms with van der Waals surface area (Å²) in [5, 5.41) is 0. The van der Waals surface area contributed by atoms with Crippen molar-refractivity contribution in [1.82, 2.24) is 9.88 Å². The summed E-state index contributed by atoms with van der Waals surface area (Å²) in [5.74, 6) is 1.26. The third kappa shape index (κ3) is 3.93. The molecule has 4 rings (SSSR count). The number of Topliss-reactive ketones (excluding diaryl/α,β-unsaturated/α-hetero) is 1. The summed E-state index contributed by atoms with van der Waals surface area (Å²) in [6.45, 7) is 5.01. The largest absolute Gasteiger partial charge is 0.357 e. The van der Waals surface area contributed by atoms with Crippen molar-refractivity contribution in [2.45, 2.75) is 39.2 Å². The van der Waals surface area contributed by atoms with E-state index in [1.54, 1.807) is 13.1 Å². The van der Waals surface area contributed by atoms with Crippen LogP contribution in [0.4, 0.5) is 5.82 Å². The molecule has 0 unspecified atom stereocenters. The standard InChI is InChI=1S/C23H27N3O2/c1-18(27)20-7-8-21(24-15-20)25-13-11-23(12-14-25)10-9-22(28)26(17-23)16-19-5-3-2-4-6-19/h2-8,15H,9-14,16-17H2,1H3. The van der Waals surface area contributed by atoms with Crippen LogP contribution in [0.5, 0.6) is 0 Å². The maximum Gasteiger partial charge on any atom is 0.222 e. The van der Waals surface area contributed by atoms with Gasteiger partial charge in [-0.05, 0) is 49.3 Å². The second-order valence-corrected chi connectivity index (χ2v) is 8.18. The molecule has 2 aromatic rings. The zero-order valence-electron chi connectivity index (χ0n) is 16.4. The fourth-order valence-electron chi connectivity index (χ4n) is 4.45. The summed E-state index contributed by atoms with van der Waals surface area (Å²) in [6.07, 6.45) is 5.45. The summed E-state index contributed by atoms with van der Waals surface area (Å²) >= 11 is 0. The Hall–Kier alpha value is -2.69. The lowest BCUT2D eigenvalue weighted by molar-refractivity contribution is -0.139. The maximum absolute atomic E-state index is 12.5. The molecule has 1 amide bonds. The number of rotatable bonds is 4. The van der Waals surface area contributed by atoms with Gasteiger partial charge in [0.25, 0.3) is 0 Å². The summed E-state index contributed by atoms with van der Waals surface area (Å²) < 4.78 is 0. The van der Waals surface area contributed by atoms with E-state index in [0.29, 0.717) is 18.5 Å². The molecule has 2 aliphatic heterocycles. The highest BCUT2D eigenvalue weighted by molar-refractivity contribution is 5.93. The van der Waals surface area contributed by atoms with Gasteiger partial charge in [0, 0.05) is 44.4 Å². The van der Waals surface area contributed by atoms with Crippen molar-refractivity contribution < 1.29 is 9.59 Å². The fraction of sp³-hybridized carbons (Fsp3) is 0.435. The predicted molar refractivity (Wildman–Crippen MR) is 109 cm³/mol. The Kier molecular flexibility index (Phi) is 5.16. The van der Waals surface area contributed by atoms with Gasteiger partial charge in [0.1, 0.15) is 5.82 Å². The lowest BCUT2D eigenvalue weighted by Crippen LogP contribution is -2.51. The van der Waals surface area contributed by atoms with Gasteiger partial charge in [0.05, 0.1) is 0 Å². The number of aromatic nitrogens is 1. The topological polar surface area (TPSA) is 53.5 Å². The Morgan fingerprint density at radius 1 is 1.07 bits per heavy atom. The number of pyridine rings is 1. The highest BCUT2D eigenvalue weighted by Gasteiger charge is 2.41. The third-order valence-electron chi connectivity index (χ3n) is 6.27. The molecular formula is C23H27N3O2. The van der Waals surface area contributed by atoms with Crippen LogP contribution in [0.25, 0.3) is 0 Å². The van der Waals surface area contributed by atoms with E-state index in [4.69, 9.17) is 0 Å². The Labute approximate surface area is 166 Å². The number of ketones is 1. The van der Waals surface area contributed by atoms with E-state index in [-0.39, 0.29) is 17.1 Å². The minimum atomic E-state index is 0.0435. The van der Waals surface area contributed by atoms with Gasteiger partial charge in [0.15, 0.2) is 5.78 Å². The molecule has 2 aliphatic rings. The molecule has 1 aromatic carbocycles. The summed E-state index contributed by atoms with van der Waals surface area (Å²) in [5.41, 5.74) is 2.07. The number of carbonyl (C=O) groups excluding carboxylic acids is 2. The third-order valence-corrected chi connectivity index (χ3v) is 6.27. The molecule has 2 fully saturated rings. The van der Waals surface area contributed by atoms with E-state index in [0.717, 1.165) is 44.7 Å². The van der Waals surface area contributed by atoms with E-state index < -0.39 is 0 Å². The van der Waals surface area contributed by atoms with Crippen LogP contribution in [0, 0.1) is 5.41 Å². The second-order valence-electron chi connectivity index (χ2n) is 8.18. The molecule has 146 valence electrons. The molecule has 2 saturated heterocycles.